The quantitative estimate of drug-likeness (QED) is 0.308. The number of pyridine rings is 1. The number of aliphatic hydroxyl groups excluding tert-OH is 2. The molecule has 0 saturated carbocycles. The second kappa shape index (κ2) is 9.85. The number of hydrogen-bond donors (Lipinski definition) is 6. The molecule has 0 aliphatic heterocycles. The zero-order chi connectivity index (χ0) is 21.6. The minimum absolute atomic E-state index is 0.0883. The van der Waals surface area contributed by atoms with Crippen LogP contribution in [0.3, 0.4) is 0 Å². The van der Waals surface area contributed by atoms with Crippen LogP contribution in [0.1, 0.15) is 36.7 Å². The molecular weight excluding hydrogens is 374 g/mol. The lowest BCUT2D eigenvalue weighted by molar-refractivity contribution is 0.0870. The van der Waals surface area contributed by atoms with E-state index in [4.69, 9.17) is 15.9 Å². The van der Waals surface area contributed by atoms with Crippen LogP contribution in [0.5, 0.6) is 0 Å². The Kier molecular flexibility index (Phi) is 7.52. The predicted molar refractivity (Wildman–Crippen MR) is 111 cm³/mol. The van der Waals surface area contributed by atoms with Gasteiger partial charge in [0.2, 0.25) is 5.90 Å². The van der Waals surface area contributed by atoms with Crippen LogP contribution in [0.4, 0.5) is 16.3 Å². The second-order valence-corrected chi connectivity index (χ2v) is 6.83. The molecule has 2 aromatic rings. The highest BCUT2D eigenvalue weighted by atomic mass is 16.5. The number of nitrogens with zero attached hydrogens (tertiary/aromatic N) is 1. The topological polar surface area (TPSA) is 154 Å². The molecule has 2 unspecified atom stereocenters. The van der Waals surface area contributed by atoms with E-state index in [1.54, 1.807) is 0 Å². The van der Waals surface area contributed by atoms with Gasteiger partial charge in [0, 0.05) is 11.8 Å². The predicted octanol–water partition coefficient (Wildman–Crippen LogP) is 2.01. The Labute approximate surface area is 169 Å². The minimum atomic E-state index is -0.807. The molecule has 9 heteroatoms. The van der Waals surface area contributed by atoms with E-state index >= 15 is 0 Å². The van der Waals surface area contributed by atoms with Gasteiger partial charge in [-0.2, -0.15) is 0 Å². The fourth-order valence-corrected chi connectivity index (χ4v) is 2.87. The zero-order valence-electron chi connectivity index (χ0n) is 16.6. The maximum atomic E-state index is 12.6. The van der Waals surface area contributed by atoms with E-state index in [0.717, 1.165) is 5.56 Å². The Morgan fingerprint density at radius 1 is 1.31 bits per heavy atom. The van der Waals surface area contributed by atoms with Crippen molar-refractivity contribution < 1.29 is 19.7 Å². The molecular formula is C20H27N5O4. The van der Waals surface area contributed by atoms with Gasteiger partial charge in [-0.05, 0) is 11.5 Å². The second-order valence-electron chi connectivity index (χ2n) is 6.83. The van der Waals surface area contributed by atoms with Crippen molar-refractivity contribution in [1.29, 1.82) is 5.41 Å². The number of benzene rings is 1. The summed E-state index contributed by atoms with van der Waals surface area (Å²) in [5.41, 5.74) is 7.11. The van der Waals surface area contributed by atoms with Gasteiger partial charge < -0.3 is 26.0 Å². The number of hydrogen-bond acceptors (Lipinski definition) is 7. The molecule has 0 aliphatic carbocycles. The fourth-order valence-electron chi connectivity index (χ4n) is 2.87. The van der Waals surface area contributed by atoms with Crippen molar-refractivity contribution in [3.8, 4) is 0 Å². The maximum Gasteiger partial charge on any atom is 0.320 e. The number of urea groups is 1. The Hall–Kier alpha value is -3.17. The summed E-state index contributed by atoms with van der Waals surface area (Å²) in [4.78, 5) is 16.7. The van der Waals surface area contributed by atoms with Crippen LogP contribution in [0, 0.1) is 11.3 Å². The Morgan fingerprint density at radius 2 is 1.97 bits per heavy atom. The van der Waals surface area contributed by atoms with Crippen molar-refractivity contribution in [2.24, 2.45) is 5.92 Å². The summed E-state index contributed by atoms with van der Waals surface area (Å²) in [6.07, 6.45) is -0.807. The summed E-state index contributed by atoms with van der Waals surface area (Å²) in [6.45, 7) is 3.24. The zero-order valence-corrected chi connectivity index (χ0v) is 16.6. The normalized spacial score (nSPS) is 12.9. The number of anilines is 2. The lowest BCUT2D eigenvalue weighted by Gasteiger charge is -2.27. The van der Waals surface area contributed by atoms with E-state index in [1.165, 1.54) is 13.2 Å². The molecule has 1 aromatic carbocycles. The molecule has 0 aliphatic rings. The van der Waals surface area contributed by atoms with Gasteiger partial charge in [0.15, 0.2) is 0 Å². The van der Waals surface area contributed by atoms with Crippen LogP contribution < -0.4 is 16.4 Å². The van der Waals surface area contributed by atoms with E-state index in [9.17, 15) is 15.0 Å². The molecule has 156 valence electrons. The van der Waals surface area contributed by atoms with Crippen molar-refractivity contribution >= 4 is 23.4 Å². The lowest BCUT2D eigenvalue weighted by Crippen LogP contribution is -2.41. The Morgan fingerprint density at radius 3 is 2.52 bits per heavy atom. The Bertz CT molecular complexity index is 857. The van der Waals surface area contributed by atoms with Crippen molar-refractivity contribution in [2.75, 3.05) is 18.2 Å². The number of carbonyl (C=O) groups is 1. The summed E-state index contributed by atoms with van der Waals surface area (Å²) < 4.78 is 4.86. The molecule has 2 rings (SSSR count). The van der Waals surface area contributed by atoms with E-state index in [2.05, 4.69) is 15.6 Å². The number of aliphatic hydroxyl groups is 2. The molecule has 2 amide bonds. The van der Waals surface area contributed by atoms with Crippen LogP contribution in [-0.4, -0.2) is 40.3 Å². The Balaban J connectivity index is 2.24. The highest BCUT2D eigenvalue weighted by Gasteiger charge is 2.26. The largest absolute Gasteiger partial charge is 0.481 e. The number of nitrogens with one attached hydrogen (secondary N) is 3. The molecule has 0 radical (unpaired) electrons. The average molecular weight is 401 g/mol. The number of methoxy groups -OCH3 is 1. The van der Waals surface area contributed by atoms with Crippen molar-refractivity contribution in [1.82, 2.24) is 10.3 Å². The van der Waals surface area contributed by atoms with Crippen LogP contribution in [0.15, 0.2) is 36.4 Å². The van der Waals surface area contributed by atoms with Gasteiger partial charge in [0.05, 0.1) is 37.1 Å². The fraction of sp³-hybridized carbons (Fsp3) is 0.350. The molecule has 0 saturated heterocycles. The first-order chi connectivity index (χ1) is 13.8. The number of rotatable bonds is 7. The van der Waals surface area contributed by atoms with Crippen LogP contribution in [-0.2, 0) is 11.3 Å². The minimum Gasteiger partial charge on any atom is -0.481 e. The van der Waals surface area contributed by atoms with Crippen LogP contribution >= 0.6 is 0 Å². The van der Waals surface area contributed by atoms with E-state index in [1.807, 2.05) is 44.2 Å². The smallest absolute Gasteiger partial charge is 0.320 e. The summed E-state index contributed by atoms with van der Waals surface area (Å²) in [5.74, 6) is -0.226. The first kappa shape index (κ1) is 22.1. The molecule has 1 aromatic heterocycles. The maximum absolute atomic E-state index is 12.6. The third kappa shape index (κ3) is 5.43. The van der Waals surface area contributed by atoms with E-state index < -0.39 is 24.8 Å². The standard InChI is InChI=1S/C20H27N5O4/c1-11(2)18(27)17(12-7-5-4-6-8-12)25-20(28)24-15-9-13(21)16(19(22)29-3)14(10-26)23-15/h4-9,11,17-18,22,26-27H,10H2,1-3H3,(H4,21,23,24,25,28). The number of nitrogen functional groups attached to an aromatic ring is 1. The summed E-state index contributed by atoms with van der Waals surface area (Å²) in [5, 5.41) is 33.2. The third-order valence-corrected chi connectivity index (χ3v) is 4.42. The monoisotopic (exact) mass is 401 g/mol. The van der Waals surface area contributed by atoms with Gasteiger partial charge >= 0.3 is 6.03 Å². The lowest BCUT2D eigenvalue weighted by atomic mass is 9.94. The molecule has 29 heavy (non-hydrogen) atoms. The van der Waals surface area contributed by atoms with Crippen LogP contribution in [0.2, 0.25) is 0 Å². The van der Waals surface area contributed by atoms with E-state index in [-0.39, 0.29) is 34.6 Å². The molecule has 1 heterocycles. The SMILES string of the molecule is COC(=N)c1c(N)cc(NC(=O)NC(c2ccccc2)C(O)C(C)C)nc1CO. The van der Waals surface area contributed by atoms with E-state index in [0.29, 0.717) is 0 Å². The summed E-state index contributed by atoms with van der Waals surface area (Å²) in [7, 11) is 1.31. The molecule has 9 nitrogen and oxygen atoms in total. The third-order valence-electron chi connectivity index (χ3n) is 4.42. The molecule has 0 fully saturated rings. The van der Waals surface area contributed by atoms with Crippen molar-refractivity contribution in [3.63, 3.8) is 0 Å². The van der Waals surface area contributed by atoms with Gasteiger partial charge in [0.1, 0.15) is 5.82 Å². The van der Waals surface area contributed by atoms with Gasteiger partial charge in [-0.15, -0.1) is 0 Å². The summed E-state index contributed by atoms with van der Waals surface area (Å²) >= 11 is 0. The van der Waals surface area contributed by atoms with Crippen molar-refractivity contribution in [2.45, 2.75) is 32.6 Å². The average Bonchev–Trinajstić information content (AvgIpc) is 2.71. The number of aromatic nitrogens is 1. The molecule has 7 N–H and O–H groups in total. The number of nitrogens with two attached hydrogens (primary N) is 1. The number of ether oxygens (including phenoxy) is 1. The first-order valence-corrected chi connectivity index (χ1v) is 9.12. The number of amides is 2. The highest BCUT2D eigenvalue weighted by molar-refractivity contribution is 5.99. The highest BCUT2D eigenvalue weighted by Crippen LogP contribution is 2.23. The van der Waals surface area contributed by atoms with Crippen LogP contribution in [0.25, 0.3) is 0 Å². The molecule has 0 spiro atoms. The van der Waals surface area contributed by atoms with Gasteiger partial charge in [-0.1, -0.05) is 44.2 Å². The van der Waals surface area contributed by atoms with Crippen molar-refractivity contribution in [3.05, 3.63) is 53.2 Å². The van der Waals surface area contributed by atoms with Gasteiger partial charge in [-0.3, -0.25) is 10.7 Å². The molecule has 0 bridgehead atoms. The number of carbonyl (C=O) groups excluding carboxylic acids is 1. The van der Waals surface area contributed by atoms with Gasteiger partial charge in [0.25, 0.3) is 0 Å². The summed E-state index contributed by atoms with van der Waals surface area (Å²) in [6, 6.07) is 9.30. The first-order valence-electron chi connectivity index (χ1n) is 9.12. The van der Waals surface area contributed by atoms with Gasteiger partial charge in [-0.25, -0.2) is 9.78 Å². The molecule has 2 atom stereocenters.